The molecule has 0 radical (unpaired) electrons. The smallest absolute Gasteiger partial charge is 0.342 e. The van der Waals surface area contributed by atoms with E-state index in [9.17, 15) is 4.79 Å². The molecule has 82 valence electrons. The first-order valence-electron chi connectivity index (χ1n) is 4.13. The lowest BCUT2D eigenvalue weighted by atomic mass is 10.2. The van der Waals surface area contributed by atoms with E-state index in [2.05, 4.69) is 20.7 Å². The van der Waals surface area contributed by atoms with Gasteiger partial charge in [-0.05, 0) is 22.0 Å². The van der Waals surface area contributed by atoms with Crippen LogP contribution in [0.4, 0.5) is 0 Å². The predicted molar refractivity (Wildman–Crippen MR) is 58.6 cm³/mol. The number of carbonyl (C=O) groups is 1. The standard InChI is InChI=1S/C10H11BrO4/c1-13-6-4-7(11)9(10(12)15-3)8(5-6)14-2/h4-5H,1-3H3. The number of rotatable bonds is 3. The zero-order valence-corrected chi connectivity index (χ0v) is 10.3. The topological polar surface area (TPSA) is 44.8 Å². The van der Waals surface area contributed by atoms with Crippen molar-refractivity contribution in [3.05, 3.63) is 22.2 Å². The van der Waals surface area contributed by atoms with Crippen molar-refractivity contribution in [3.63, 3.8) is 0 Å². The van der Waals surface area contributed by atoms with Gasteiger partial charge in [0.2, 0.25) is 0 Å². The third kappa shape index (κ3) is 2.41. The Balaban J connectivity index is 3.30. The van der Waals surface area contributed by atoms with Gasteiger partial charge in [0.25, 0.3) is 0 Å². The van der Waals surface area contributed by atoms with E-state index in [-0.39, 0.29) is 0 Å². The molecule has 0 spiro atoms. The lowest BCUT2D eigenvalue weighted by Crippen LogP contribution is -2.05. The second-order valence-corrected chi connectivity index (χ2v) is 3.53. The average Bonchev–Trinajstić information content (AvgIpc) is 2.26. The third-order valence-corrected chi connectivity index (χ3v) is 2.50. The van der Waals surface area contributed by atoms with Crippen molar-refractivity contribution in [2.24, 2.45) is 0 Å². The van der Waals surface area contributed by atoms with Crippen LogP contribution in [-0.2, 0) is 4.74 Å². The van der Waals surface area contributed by atoms with Crippen molar-refractivity contribution in [2.75, 3.05) is 21.3 Å². The fraction of sp³-hybridized carbons (Fsp3) is 0.300. The van der Waals surface area contributed by atoms with Crippen molar-refractivity contribution in [1.29, 1.82) is 0 Å². The van der Waals surface area contributed by atoms with Crippen LogP contribution in [0.1, 0.15) is 10.4 Å². The van der Waals surface area contributed by atoms with Crippen LogP contribution in [0.25, 0.3) is 0 Å². The van der Waals surface area contributed by atoms with Crippen LogP contribution in [-0.4, -0.2) is 27.3 Å². The molecule has 1 aromatic carbocycles. The molecule has 0 saturated heterocycles. The van der Waals surface area contributed by atoms with Crippen LogP contribution in [0.5, 0.6) is 11.5 Å². The molecule has 0 unspecified atom stereocenters. The number of benzene rings is 1. The van der Waals surface area contributed by atoms with Crippen LogP contribution in [0.15, 0.2) is 16.6 Å². The van der Waals surface area contributed by atoms with E-state index in [1.165, 1.54) is 14.2 Å². The summed E-state index contributed by atoms with van der Waals surface area (Å²) < 4.78 is 15.3. The maximum absolute atomic E-state index is 11.4. The number of halogens is 1. The predicted octanol–water partition coefficient (Wildman–Crippen LogP) is 2.25. The van der Waals surface area contributed by atoms with Gasteiger partial charge >= 0.3 is 5.97 Å². The van der Waals surface area contributed by atoms with Crippen LogP contribution < -0.4 is 9.47 Å². The van der Waals surface area contributed by atoms with Gasteiger partial charge in [-0.3, -0.25) is 0 Å². The molecule has 0 saturated carbocycles. The van der Waals surface area contributed by atoms with Gasteiger partial charge in [-0.15, -0.1) is 0 Å². The Morgan fingerprint density at radius 2 is 1.87 bits per heavy atom. The van der Waals surface area contributed by atoms with Gasteiger partial charge in [0.05, 0.1) is 21.3 Å². The molecule has 0 aliphatic carbocycles. The first kappa shape index (κ1) is 11.8. The molecule has 1 rings (SSSR count). The van der Waals surface area contributed by atoms with Crippen molar-refractivity contribution < 1.29 is 19.0 Å². The van der Waals surface area contributed by atoms with Gasteiger partial charge in [-0.1, -0.05) is 0 Å². The molecule has 5 heteroatoms. The Morgan fingerprint density at radius 1 is 1.20 bits per heavy atom. The summed E-state index contributed by atoms with van der Waals surface area (Å²) in [7, 11) is 4.34. The highest BCUT2D eigenvalue weighted by molar-refractivity contribution is 9.10. The molecule has 0 heterocycles. The Hall–Kier alpha value is -1.23. The molecule has 0 amide bonds. The van der Waals surface area contributed by atoms with Gasteiger partial charge < -0.3 is 14.2 Å². The highest BCUT2D eigenvalue weighted by atomic mass is 79.9. The molecular formula is C10H11BrO4. The maximum Gasteiger partial charge on any atom is 0.342 e. The molecule has 0 aromatic heterocycles. The van der Waals surface area contributed by atoms with E-state index in [1.807, 2.05) is 0 Å². The van der Waals surface area contributed by atoms with Crippen LogP contribution in [0, 0.1) is 0 Å². The van der Waals surface area contributed by atoms with Crippen molar-refractivity contribution in [2.45, 2.75) is 0 Å². The van der Waals surface area contributed by atoms with E-state index >= 15 is 0 Å². The Kier molecular flexibility index (Phi) is 3.96. The monoisotopic (exact) mass is 274 g/mol. The highest BCUT2D eigenvalue weighted by Gasteiger charge is 2.18. The van der Waals surface area contributed by atoms with Crippen molar-refractivity contribution >= 4 is 21.9 Å². The normalized spacial score (nSPS) is 9.60. The summed E-state index contributed by atoms with van der Waals surface area (Å²) in [5, 5.41) is 0. The van der Waals surface area contributed by atoms with E-state index in [0.717, 1.165) is 0 Å². The fourth-order valence-electron chi connectivity index (χ4n) is 1.14. The van der Waals surface area contributed by atoms with Gasteiger partial charge in [0, 0.05) is 10.5 Å². The first-order valence-corrected chi connectivity index (χ1v) is 4.93. The van der Waals surface area contributed by atoms with Gasteiger partial charge in [0.1, 0.15) is 17.1 Å². The van der Waals surface area contributed by atoms with E-state index in [0.29, 0.717) is 21.5 Å². The average molecular weight is 275 g/mol. The molecule has 0 aliphatic heterocycles. The van der Waals surface area contributed by atoms with E-state index in [1.54, 1.807) is 19.2 Å². The number of hydrogen-bond acceptors (Lipinski definition) is 4. The van der Waals surface area contributed by atoms with Crippen LogP contribution >= 0.6 is 15.9 Å². The number of carbonyl (C=O) groups excluding carboxylic acids is 1. The van der Waals surface area contributed by atoms with Crippen molar-refractivity contribution in [3.8, 4) is 11.5 Å². The second kappa shape index (κ2) is 5.02. The van der Waals surface area contributed by atoms with Gasteiger partial charge in [0.15, 0.2) is 0 Å². The SMILES string of the molecule is COC(=O)c1c(Br)cc(OC)cc1OC. The Morgan fingerprint density at radius 3 is 2.33 bits per heavy atom. The molecular weight excluding hydrogens is 264 g/mol. The lowest BCUT2D eigenvalue weighted by Gasteiger charge is -2.10. The number of methoxy groups -OCH3 is 3. The summed E-state index contributed by atoms with van der Waals surface area (Å²) in [6.07, 6.45) is 0. The quantitative estimate of drug-likeness (QED) is 0.794. The van der Waals surface area contributed by atoms with E-state index in [4.69, 9.17) is 9.47 Å². The van der Waals surface area contributed by atoms with Crippen LogP contribution in [0.3, 0.4) is 0 Å². The molecule has 0 bridgehead atoms. The molecule has 1 aromatic rings. The zero-order chi connectivity index (χ0) is 11.4. The summed E-state index contributed by atoms with van der Waals surface area (Å²) in [5.74, 6) is 0.556. The Bertz CT molecular complexity index is 376. The number of esters is 1. The summed E-state index contributed by atoms with van der Waals surface area (Å²) >= 11 is 3.26. The Labute approximate surface area is 96.3 Å². The second-order valence-electron chi connectivity index (χ2n) is 2.68. The maximum atomic E-state index is 11.4. The minimum Gasteiger partial charge on any atom is -0.497 e. The van der Waals surface area contributed by atoms with E-state index < -0.39 is 5.97 Å². The molecule has 0 atom stereocenters. The molecule has 15 heavy (non-hydrogen) atoms. The minimum absolute atomic E-state index is 0.348. The van der Waals surface area contributed by atoms with Crippen molar-refractivity contribution in [1.82, 2.24) is 0 Å². The molecule has 0 fully saturated rings. The summed E-state index contributed by atoms with van der Waals surface area (Å²) in [6.45, 7) is 0. The lowest BCUT2D eigenvalue weighted by molar-refractivity contribution is 0.0596. The molecule has 0 N–H and O–H groups in total. The number of hydrogen-bond donors (Lipinski definition) is 0. The molecule has 4 nitrogen and oxygen atoms in total. The third-order valence-electron chi connectivity index (χ3n) is 1.87. The first-order chi connectivity index (χ1) is 7.13. The zero-order valence-electron chi connectivity index (χ0n) is 8.67. The number of ether oxygens (including phenoxy) is 3. The van der Waals surface area contributed by atoms with Gasteiger partial charge in [-0.2, -0.15) is 0 Å². The minimum atomic E-state index is -0.457. The van der Waals surface area contributed by atoms with Crippen LogP contribution in [0.2, 0.25) is 0 Å². The summed E-state index contributed by atoms with van der Waals surface area (Å²) in [5.41, 5.74) is 0.348. The largest absolute Gasteiger partial charge is 0.497 e. The molecule has 0 aliphatic rings. The van der Waals surface area contributed by atoms with Gasteiger partial charge in [-0.25, -0.2) is 4.79 Å². The highest BCUT2D eigenvalue weighted by Crippen LogP contribution is 2.32. The fourth-order valence-corrected chi connectivity index (χ4v) is 1.72. The summed E-state index contributed by atoms with van der Waals surface area (Å²) in [6, 6.07) is 3.30. The summed E-state index contributed by atoms with van der Waals surface area (Å²) in [4.78, 5) is 11.4.